The van der Waals surface area contributed by atoms with E-state index >= 15 is 0 Å². The lowest BCUT2D eigenvalue weighted by molar-refractivity contribution is -0.384. The van der Waals surface area contributed by atoms with Gasteiger partial charge in [0.05, 0.1) is 10.5 Å². The van der Waals surface area contributed by atoms with Crippen LogP contribution in [0.4, 0.5) is 30.4 Å². The number of hydrogen-bond acceptors (Lipinski definition) is 7. The van der Waals surface area contributed by atoms with Gasteiger partial charge in [0.1, 0.15) is 17.8 Å². The van der Waals surface area contributed by atoms with Gasteiger partial charge in [-0.05, 0) is 19.1 Å². The molecule has 1 aromatic carbocycles. The average molecular weight is 407 g/mol. The van der Waals surface area contributed by atoms with Gasteiger partial charge in [-0.25, -0.2) is 4.98 Å². The van der Waals surface area contributed by atoms with Crippen molar-refractivity contribution in [1.29, 1.82) is 0 Å². The van der Waals surface area contributed by atoms with E-state index in [1.54, 1.807) is 9.42 Å². The van der Waals surface area contributed by atoms with Crippen molar-refractivity contribution in [2.24, 2.45) is 0 Å². The molecule has 1 aliphatic rings. The molecule has 0 bridgehead atoms. The molecule has 0 spiro atoms. The maximum atomic E-state index is 12.9. The molecule has 1 aliphatic heterocycles. The number of piperazine rings is 1. The Kier molecular flexibility index (Phi) is 4.47. The molecule has 1 saturated heterocycles. The minimum absolute atomic E-state index is 0.180. The van der Waals surface area contributed by atoms with Gasteiger partial charge in [0.15, 0.2) is 0 Å². The van der Waals surface area contributed by atoms with Crippen LogP contribution < -0.4 is 9.80 Å². The van der Waals surface area contributed by atoms with Gasteiger partial charge in [-0.3, -0.25) is 10.1 Å². The van der Waals surface area contributed by atoms with Crippen molar-refractivity contribution in [3.63, 3.8) is 0 Å². The molecule has 0 aliphatic carbocycles. The molecule has 3 heterocycles. The second kappa shape index (κ2) is 6.87. The van der Waals surface area contributed by atoms with E-state index in [4.69, 9.17) is 0 Å². The summed E-state index contributed by atoms with van der Waals surface area (Å²) in [4.78, 5) is 22.7. The number of alkyl halides is 3. The molecule has 1 fully saturated rings. The first-order valence-corrected chi connectivity index (χ1v) is 8.77. The van der Waals surface area contributed by atoms with E-state index in [1.807, 2.05) is 17.9 Å². The summed E-state index contributed by atoms with van der Waals surface area (Å²) in [6.45, 7) is 3.68. The lowest BCUT2D eigenvalue weighted by Gasteiger charge is -2.37. The Labute approximate surface area is 162 Å². The zero-order valence-electron chi connectivity index (χ0n) is 15.3. The molecule has 9 nitrogen and oxygen atoms in total. The van der Waals surface area contributed by atoms with Crippen LogP contribution in [-0.4, -0.2) is 50.7 Å². The minimum atomic E-state index is -4.63. The monoisotopic (exact) mass is 407 g/mol. The van der Waals surface area contributed by atoms with E-state index in [0.29, 0.717) is 38.0 Å². The topological polar surface area (TPSA) is 92.7 Å². The fourth-order valence-corrected chi connectivity index (χ4v) is 3.43. The van der Waals surface area contributed by atoms with E-state index in [1.165, 1.54) is 12.4 Å². The van der Waals surface area contributed by atoms with E-state index in [0.717, 1.165) is 17.6 Å². The van der Waals surface area contributed by atoms with Crippen LogP contribution in [0.15, 0.2) is 30.6 Å². The predicted molar refractivity (Wildman–Crippen MR) is 98.0 cm³/mol. The van der Waals surface area contributed by atoms with Crippen LogP contribution in [0.5, 0.6) is 0 Å². The van der Waals surface area contributed by atoms with Crippen molar-refractivity contribution >= 4 is 23.0 Å². The number of benzene rings is 1. The van der Waals surface area contributed by atoms with Gasteiger partial charge in [-0.1, -0.05) is 0 Å². The summed E-state index contributed by atoms with van der Waals surface area (Å²) in [7, 11) is 0. The zero-order valence-corrected chi connectivity index (χ0v) is 15.3. The largest absolute Gasteiger partial charge is 0.416 e. The lowest BCUT2D eigenvalue weighted by Crippen LogP contribution is -2.47. The van der Waals surface area contributed by atoms with Gasteiger partial charge < -0.3 is 9.80 Å². The molecular formula is C17H16F3N7O2. The Morgan fingerprint density at radius 2 is 1.79 bits per heavy atom. The third-order valence-electron chi connectivity index (χ3n) is 4.80. The van der Waals surface area contributed by atoms with Crippen molar-refractivity contribution < 1.29 is 18.1 Å². The third kappa shape index (κ3) is 3.52. The molecule has 152 valence electrons. The predicted octanol–water partition coefficient (Wildman–Crippen LogP) is 2.69. The third-order valence-corrected chi connectivity index (χ3v) is 4.80. The molecule has 4 rings (SSSR count). The second-order valence-corrected chi connectivity index (χ2v) is 6.66. The molecule has 0 radical (unpaired) electrons. The Morgan fingerprint density at radius 1 is 1.10 bits per heavy atom. The summed E-state index contributed by atoms with van der Waals surface area (Å²) in [6, 6.07) is 4.51. The molecule has 12 heteroatoms. The summed E-state index contributed by atoms with van der Waals surface area (Å²) >= 11 is 0. The SMILES string of the molecule is Cc1cc(N2CCN(c3ccc(C(F)(F)F)cc3[N+](=O)[O-])CC2)n2ncnc2n1. The van der Waals surface area contributed by atoms with E-state index in [9.17, 15) is 23.3 Å². The normalized spacial score (nSPS) is 15.2. The second-order valence-electron chi connectivity index (χ2n) is 6.66. The number of aromatic nitrogens is 4. The first kappa shape index (κ1) is 18.9. The van der Waals surface area contributed by atoms with Crippen molar-refractivity contribution in [3.05, 3.63) is 52.0 Å². The van der Waals surface area contributed by atoms with Gasteiger partial charge in [0.25, 0.3) is 11.5 Å². The summed E-state index contributed by atoms with van der Waals surface area (Å²) in [5.74, 6) is 1.27. The van der Waals surface area contributed by atoms with E-state index < -0.39 is 22.4 Å². The Morgan fingerprint density at radius 3 is 2.45 bits per heavy atom. The molecule has 0 unspecified atom stereocenters. The number of nitrogens with zero attached hydrogens (tertiary/aromatic N) is 7. The highest BCUT2D eigenvalue weighted by molar-refractivity contribution is 5.65. The van der Waals surface area contributed by atoms with Crippen molar-refractivity contribution in [2.45, 2.75) is 13.1 Å². The summed E-state index contributed by atoms with van der Waals surface area (Å²) in [5.41, 5.74) is -0.625. The summed E-state index contributed by atoms with van der Waals surface area (Å²) in [6.07, 6.45) is -3.22. The summed E-state index contributed by atoms with van der Waals surface area (Å²) < 4.78 is 40.4. The van der Waals surface area contributed by atoms with Crippen LogP contribution in [-0.2, 0) is 6.18 Å². The number of hydrogen-bond donors (Lipinski definition) is 0. The van der Waals surface area contributed by atoms with E-state index in [-0.39, 0.29) is 5.69 Å². The van der Waals surface area contributed by atoms with Crippen molar-refractivity contribution in [2.75, 3.05) is 36.0 Å². The van der Waals surface area contributed by atoms with Crippen LogP contribution in [0.2, 0.25) is 0 Å². The Bertz CT molecular complexity index is 1070. The highest BCUT2D eigenvalue weighted by atomic mass is 19.4. The van der Waals surface area contributed by atoms with Crippen LogP contribution in [0, 0.1) is 17.0 Å². The van der Waals surface area contributed by atoms with Gasteiger partial charge >= 0.3 is 6.18 Å². The zero-order chi connectivity index (χ0) is 20.8. The highest BCUT2D eigenvalue weighted by Gasteiger charge is 2.34. The van der Waals surface area contributed by atoms with Crippen LogP contribution in [0.3, 0.4) is 0 Å². The molecule has 0 atom stereocenters. The number of halogens is 3. The number of aryl methyl sites for hydroxylation is 1. The van der Waals surface area contributed by atoms with E-state index in [2.05, 4.69) is 15.1 Å². The smallest absolute Gasteiger partial charge is 0.362 e. The number of rotatable bonds is 3. The molecule has 0 saturated carbocycles. The standard InChI is InChI=1S/C17H16F3N7O2/c1-11-8-15(26-16(23-11)21-10-22-26)25-6-4-24(5-7-25)13-3-2-12(17(18,19)20)9-14(13)27(28)29/h2-3,8-10H,4-7H2,1H3. The number of fused-ring (bicyclic) bond motifs is 1. The summed E-state index contributed by atoms with van der Waals surface area (Å²) in [5, 5.41) is 15.5. The van der Waals surface area contributed by atoms with Gasteiger partial charge in [-0.2, -0.15) is 27.8 Å². The molecule has 0 N–H and O–H groups in total. The quantitative estimate of drug-likeness (QED) is 0.487. The van der Waals surface area contributed by atoms with Gasteiger partial charge in [0.2, 0.25) is 0 Å². The van der Waals surface area contributed by atoms with Crippen molar-refractivity contribution in [3.8, 4) is 0 Å². The molecule has 2 aromatic heterocycles. The van der Waals surface area contributed by atoms with Crippen LogP contribution in [0.25, 0.3) is 5.78 Å². The fraction of sp³-hybridized carbons (Fsp3) is 0.353. The average Bonchev–Trinajstić information content (AvgIpc) is 3.14. The van der Waals surface area contributed by atoms with Gasteiger partial charge in [0, 0.05) is 44.0 Å². The fourth-order valence-electron chi connectivity index (χ4n) is 3.43. The number of nitro benzene ring substituents is 1. The van der Waals surface area contributed by atoms with Gasteiger partial charge in [-0.15, -0.1) is 0 Å². The first-order valence-electron chi connectivity index (χ1n) is 8.77. The van der Waals surface area contributed by atoms with Crippen LogP contribution in [0.1, 0.15) is 11.3 Å². The molecular weight excluding hydrogens is 391 g/mol. The maximum absolute atomic E-state index is 12.9. The molecule has 0 amide bonds. The Balaban J connectivity index is 1.58. The molecule has 3 aromatic rings. The molecule has 29 heavy (non-hydrogen) atoms. The maximum Gasteiger partial charge on any atom is 0.416 e. The minimum Gasteiger partial charge on any atom is -0.362 e. The van der Waals surface area contributed by atoms with Crippen molar-refractivity contribution in [1.82, 2.24) is 19.6 Å². The highest BCUT2D eigenvalue weighted by Crippen LogP contribution is 2.37. The number of nitro groups is 1. The first-order chi connectivity index (χ1) is 13.7. The van der Waals surface area contributed by atoms with Crippen LogP contribution >= 0.6 is 0 Å². The number of anilines is 2. The lowest BCUT2D eigenvalue weighted by atomic mass is 10.1. The Hall–Kier alpha value is -3.44.